The number of aromatic nitrogens is 2. The molecule has 3 aromatic rings. The maximum Gasteiger partial charge on any atom is 0.231 e. The highest BCUT2D eigenvalue weighted by atomic mass is 32.1. The van der Waals surface area contributed by atoms with Gasteiger partial charge in [-0.3, -0.25) is 9.30 Å². The van der Waals surface area contributed by atoms with Crippen LogP contribution >= 0.6 is 11.3 Å². The summed E-state index contributed by atoms with van der Waals surface area (Å²) in [6.45, 7) is 3.43. The zero-order chi connectivity index (χ0) is 16.4. The average molecular weight is 345 g/mol. The molecule has 0 radical (unpaired) electrons. The van der Waals surface area contributed by atoms with Gasteiger partial charge in [0.2, 0.25) is 6.79 Å². The van der Waals surface area contributed by atoms with E-state index in [1.165, 1.54) is 5.56 Å². The third kappa shape index (κ3) is 3.24. The van der Waals surface area contributed by atoms with E-state index in [1.807, 2.05) is 23.7 Å². The van der Waals surface area contributed by atoms with Crippen molar-refractivity contribution in [2.45, 2.75) is 13.1 Å². The highest BCUT2D eigenvalue weighted by molar-refractivity contribution is 7.15. The smallest absolute Gasteiger partial charge is 0.231 e. The maximum absolute atomic E-state index is 5.47. The molecule has 0 atom stereocenters. The molecule has 2 aromatic heterocycles. The molecule has 0 N–H and O–H groups in total. The van der Waals surface area contributed by atoms with Crippen molar-refractivity contribution < 1.29 is 14.2 Å². The van der Waals surface area contributed by atoms with Crippen LogP contribution in [0, 0.1) is 0 Å². The normalized spacial score (nSPS) is 13.2. The Labute approximate surface area is 144 Å². The van der Waals surface area contributed by atoms with Crippen molar-refractivity contribution >= 4 is 16.3 Å². The second-order valence-electron chi connectivity index (χ2n) is 5.72. The molecule has 1 aliphatic rings. The summed E-state index contributed by atoms with van der Waals surface area (Å²) < 4.78 is 18.2. The van der Waals surface area contributed by atoms with Crippen LogP contribution in [0.5, 0.6) is 11.5 Å². The van der Waals surface area contributed by atoms with Gasteiger partial charge in [0.15, 0.2) is 16.5 Å². The minimum Gasteiger partial charge on any atom is -0.454 e. The average Bonchev–Trinajstić information content (AvgIpc) is 3.27. The van der Waals surface area contributed by atoms with Crippen molar-refractivity contribution in [2.75, 3.05) is 27.1 Å². The fraction of sp³-hybridized carbons (Fsp3) is 0.353. The fourth-order valence-corrected chi connectivity index (χ4v) is 3.53. The van der Waals surface area contributed by atoms with Crippen molar-refractivity contribution in [3.63, 3.8) is 0 Å². The summed E-state index contributed by atoms with van der Waals surface area (Å²) >= 11 is 1.65. The lowest BCUT2D eigenvalue weighted by molar-refractivity contribution is 0.139. The quantitative estimate of drug-likeness (QED) is 0.659. The predicted molar refractivity (Wildman–Crippen MR) is 91.6 cm³/mol. The van der Waals surface area contributed by atoms with Crippen LogP contribution in [0.3, 0.4) is 0 Å². The Morgan fingerprint density at radius 1 is 1.29 bits per heavy atom. The lowest BCUT2D eigenvalue weighted by Gasteiger charge is -2.21. The van der Waals surface area contributed by atoms with Gasteiger partial charge in [-0.1, -0.05) is 6.07 Å². The Hall–Kier alpha value is -2.09. The first-order chi connectivity index (χ1) is 11.8. The van der Waals surface area contributed by atoms with E-state index in [4.69, 9.17) is 14.2 Å². The molecule has 3 heterocycles. The number of benzene rings is 1. The van der Waals surface area contributed by atoms with Gasteiger partial charge in [0.1, 0.15) is 0 Å². The maximum atomic E-state index is 5.47. The molecule has 0 spiro atoms. The van der Waals surface area contributed by atoms with Gasteiger partial charge in [-0.05, 0) is 17.7 Å². The summed E-state index contributed by atoms with van der Waals surface area (Å²) in [5, 5.41) is 2.04. The van der Waals surface area contributed by atoms with Crippen LogP contribution < -0.4 is 9.47 Å². The minimum atomic E-state index is 0.303. The van der Waals surface area contributed by atoms with Crippen LogP contribution in [-0.2, 0) is 17.8 Å². The summed E-state index contributed by atoms with van der Waals surface area (Å²) in [6, 6.07) is 6.10. The molecular weight excluding hydrogens is 326 g/mol. The lowest BCUT2D eigenvalue weighted by atomic mass is 10.2. The molecular formula is C17H19N3O3S. The predicted octanol–water partition coefficient (Wildman–Crippen LogP) is 2.77. The van der Waals surface area contributed by atoms with Crippen LogP contribution in [0.4, 0.5) is 0 Å². The van der Waals surface area contributed by atoms with Crippen LogP contribution in [0.25, 0.3) is 4.96 Å². The van der Waals surface area contributed by atoms with E-state index in [0.717, 1.165) is 41.8 Å². The molecule has 0 saturated heterocycles. The first kappa shape index (κ1) is 15.4. The van der Waals surface area contributed by atoms with E-state index in [0.29, 0.717) is 13.4 Å². The van der Waals surface area contributed by atoms with Crippen LogP contribution in [0.2, 0.25) is 0 Å². The van der Waals surface area contributed by atoms with Crippen molar-refractivity contribution in [3.8, 4) is 11.5 Å². The first-order valence-electron chi connectivity index (χ1n) is 7.83. The third-order valence-electron chi connectivity index (χ3n) is 3.98. The standard InChI is InChI=1S/C17H19N3O3S/c1-21-6-4-19(10-14-11-20-5-7-24-17(20)18-14)9-13-2-3-15-16(8-13)23-12-22-15/h2-3,5,7-8,11H,4,6,9-10,12H2,1H3. The van der Waals surface area contributed by atoms with Crippen molar-refractivity contribution in [1.82, 2.24) is 14.3 Å². The van der Waals surface area contributed by atoms with Gasteiger partial charge in [-0.2, -0.15) is 0 Å². The zero-order valence-electron chi connectivity index (χ0n) is 13.5. The van der Waals surface area contributed by atoms with Gasteiger partial charge in [0.05, 0.1) is 12.3 Å². The van der Waals surface area contributed by atoms with Gasteiger partial charge in [0, 0.05) is 44.5 Å². The van der Waals surface area contributed by atoms with E-state index in [-0.39, 0.29) is 0 Å². The first-order valence-corrected chi connectivity index (χ1v) is 8.71. The Balaban J connectivity index is 1.49. The molecule has 7 heteroatoms. The van der Waals surface area contributed by atoms with Gasteiger partial charge >= 0.3 is 0 Å². The van der Waals surface area contributed by atoms with Crippen molar-refractivity contribution in [1.29, 1.82) is 0 Å². The number of thiazole rings is 1. The molecule has 0 aliphatic carbocycles. The van der Waals surface area contributed by atoms with E-state index >= 15 is 0 Å². The molecule has 0 saturated carbocycles. The molecule has 24 heavy (non-hydrogen) atoms. The van der Waals surface area contributed by atoms with E-state index in [2.05, 4.69) is 26.5 Å². The van der Waals surface area contributed by atoms with Crippen LogP contribution in [-0.4, -0.2) is 41.3 Å². The van der Waals surface area contributed by atoms with Crippen LogP contribution in [0.15, 0.2) is 36.0 Å². The number of rotatable bonds is 7. The minimum absolute atomic E-state index is 0.303. The van der Waals surface area contributed by atoms with E-state index in [9.17, 15) is 0 Å². The molecule has 126 valence electrons. The van der Waals surface area contributed by atoms with Gasteiger partial charge in [0.25, 0.3) is 0 Å². The summed E-state index contributed by atoms with van der Waals surface area (Å²) in [6.07, 6.45) is 4.12. The molecule has 1 aliphatic heterocycles. The molecule has 1 aromatic carbocycles. The molecule has 0 amide bonds. The number of imidazole rings is 1. The number of methoxy groups -OCH3 is 1. The highest BCUT2D eigenvalue weighted by Crippen LogP contribution is 2.32. The van der Waals surface area contributed by atoms with Gasteiger partial charge < -0.3 is 14.2 Å². The summed E-state index contributed by atoms with van der Waals surface area (Å²) in [4.78, 5) is 8.03. The van der Waals surface area contributed by atoms with Gasteiger partial charge in [-0.25, -0.2) is 4.98 Å². The Bertz CT molecular complexity index is 801. The van der Waals surface area contributed by atoms with E-state index in [1.54, 1.807) is 18.4 Å². The number of nitrogens with zero attached hydrogens (tertiary/aromatic N) is 3. The van der Waals surface area contributed by atoms with Crippen LogP contribution in [0.1, 0.15) is 11.3 Å². The second-order valence-corrected chi connectivity index (χ2v) is 6.59. The number of hydrogen-bond donors (Lipinski definition) is 0. The summed E-state index contributed by atoms with van der Waals surface area (Å²) in [5.74, 6) is 1.64. The number of hydrogen-bond acceptors (Lipinski definition) is 6. The second kappa shape index (κ2) is 6.80. The molecule has 0 bridgehead atoms. The highest BCUT2D eigenvalue weighted by Gasteiger charge is 2.15. The third-order valence-corrected chi connectivity index (χ3v) is 4.75. The van der Waals surface area contributed by atoms with Gasteiger partial charge in [-0.15, -0.1) is 11.3 Å². The fourth-order valence-electron chi connectivity index (χ4n) is 2.81. The summed E-state index contributed by atoms with van der Waals surface area (Å²) in [5.41, 5.74) is 2.26. The zero-order valence-corrected chi connectivity index (χ0v) is 14.3. The van der Waals surface area contributed by atoms with E-state index < -0.39 is 0 Å². The lowest BCUT2D eigenvalue weighted by Crippen LogP contribution is -2.26. The van der Waals surface area contributed by atoms with Crippen molar-refractivity contribution in [2.24, 2.45) is 0 Å². The molecule has 0 fully saturated rings. The topological polar surface area (TPSA) is 48.2 Å². The SMILES string of the molecule is COCCN(Cc1ccc2c(c1)OCO2)Cc1cn2ccsc2n1. The Kier molecular flexibility index (Phi) is 4.38. The molecule has 4 rings (SSSR count). The molecule has 6 nitrogen and oxygen atoms in total. The molecule has 0 unspecified atom stereocenters. The number of fused-ring (bicyclic) bond motifs is 2. The number of ether oxygens (including phenoxy) is 3. The Morgan fingerprint density at radius 3 is 3.08 bits per heavy atom. The largest absolute Gasteiger partial charge is 0.454 e. The summed E-state index contributed by atoms with van der Waals surface area (Å²) in [7, 11) is 1.73. The Morgan fingerprint density at radius 2 is 2.21 bits per heavy atom. The monoisotopic (exact) mass is 345 g/mol. The van der Waals surface area contributed by atoms with Crippen molar-refractivity contribution in [3.05, 3.63) is 47.2 Å².